The number of hydrogen-bond donors (Lipinski definition) is 3. The summed E-state index contributed by atoms with van der Waals surface area (Å²) in [5, 5.41) is 16.0. The van der Waals surface area contributed by atoms with Crippen LogP contribution in [0.15, 0.2) is 52.5 Å². The van der Waals surface area contributed by atoms with Gasteiger partial charge in [-0.2, -0.15) is 0 Å². The van der Waals surface area contributed by atoms with Crippen LogP contribution < -0.4 is 15.4 Å². The monoisotopic (exact) mass is 470 g/mol. The van der Waals surface area contributed by atoms with E-state index in [1.54, 1.807) is 13.2 Å². The molecule has 1 aromatic carbocycles. The first-order valence-electron chi connectivity index (χ1n) is 11.7. The van der Waals surface area contributed by atoms with Crippen LogP contribution in [0.3, 0.4) is 0 Å². The van der Waals surface area contributed by atoms with E-state index in [0.29, 0.717) is 12.3 Å². The summed E-state index contributed by atoms with van der Waals surface area (Å²) < 4.78 is 17.4. The van der Waals surface area contributed by atoms with Gasteiger partial charge in [0.1, 0.15) is 17.3 Å². The topological polar surface area (TPSA) is 110 Å². The Morgan fingerprint density at radius 1 is 1.15 bits per heavy atom. The Hall–Kier alpha value is -3.10. The molecule has 1 heterocycles. The number of rotatable bonds is 11. The largest absolute Gasteiger partial charge is 0.497 e. The van der Waals surface area contributed by atoms with Crippen molar-refractivity contribution >= 4 is 11.9 Å². The number of carbonyl (C=O) groups excluding carboxylic acids is 1. The highest BCUT2D eigenvalue weighted by atomic mass is 16.5. The number of aliphatic carboxylic acids is 1. The smallest absolute Gasteiger partial charge is 0.331 e. The van der Waals surface area contributed by atoms with E-state index in [-0.39, 0.29) is 30.0 Å². The van der Waals surface area contributed by atoms with Crippen molar-refractivity contribution in [2.45, 2.75) is 70.9 Å². The Morgan fingerprint density at radius 3 is 2.44 bits per heavy atom. The van der Waals surface area contributed by atoms with Crippen molar-refractivity contribution in [3.05, 3.63) is 53.8 Å². The number of carboxylic acids is 1. The highest BCUT2D eigenvalue weighted by Crippen LogP contribution is 2.27. The van der Waals surface area contributed by atoms with Crippen LogP contribution >= 0.6 is 0 Å². The molecule has 8 nitrogen and oxygen atoms in total. The molecule has 1 amide bonds. The van der Waals surface area contributed by atoms with Gasteiger partial charge < -0.3 is 29.6 Å². The van der Waals surface area contributed by atoms with E-state index in [2.05, 4.69) is 10.6 Å². The molecule has 1 aliphatic carbocycles. The lowest BCUT2D eigenvalue weighted by Crippen LogP contribution is -2.58. The molecule has 34 heavy (non-hydrogen) atoms. The number of hydrogen-bond acceptors (Lipinski definition) is 6. The van der Waals surface area contributed by atoms with Crippen LogP contribution in [0.25, 0.3) is 11.3 Å². The van der Waals surface area contributed by atoms with Crippen molar-refractivity contribution in [1.29, 1.82) is 0 Å². The summed E-state index contributed by atoms with van der Waals surface area (Å²) in [6.07, 6.45) is 2.92. The molecule has 0 aliphatic heterocycles. The molecule has 3 atom stereocenters. The quantitative estimate of drug-likeness (QED) is 0.457. The molecule has 0 fully saturated rings. The van der Waals surface area contributed by atoms with Gasteiger partial charge in [0.15, 0.2) is 0 Å². The van der Waals surface area contributed by atoms with Gasteiger partial charge in [-0.1, -0.05) is 13.8 Å². The van der Waals surface area contributed by atoms with E-state index in [4.69, 9.17) is 13.9 Å². The zero-order valence-corrected chi connectivity index (χ0v) is 20.2. The van der Waals surface area contributed by atoms with Crippen molar-refractivity contribution in [3.8, 4) is 17.1 Å². The molecule has 184 valence electrons. The predicted octanol–water partition coefficient (Wildman–Crippen LogP) is 3.91. The van der Waals surface area contributed by atoms with Crippen LogP contribution in [0.1, 0.15) is 45.8 Å². The molecule has 0 bridgehead atoms. The van der Waals surface area contributed by atoms with E-state index in [0.717, 1.165) is 29.9 Å². The third-order valence-electron chi connectivity index (χ3n) is 6.07. The average Bonchev–Trinajstić information content (AvgIpc) is 3.31. The van der Waals surface area contributed by atoms with Crippen LogP contribution in [-0.4, -0.2) is 48.4 Å². The van der Waals surface area contributed by atoms with Gasteiger partial charge in [0.25, 0.3) is 0 Å². The third kappa shape index (κ3) is 6.48. The van der Waals surface area contributed by atoms with Gasteiger partial charge in [0.2, 0.25) is 5.91 Å². The molecule has 0 saturated heterocycles. The second-order valence-corrected chi connectivity index (χ2v) is 8.45. The SMILES string of the molecule is CCC(CC)O[C@@H]1C=C(C(=O)O)C[C@H](NCc2ccc(-c3ccc(OC)cc3)o2)[C@H]1NC(C)=O. The Bertz CT molecular complexity index is 993. The normalized spacial score (nSPS) is 20.1. The van der Waals surface area contributed by atoms with Gasteiger partial charge in [-0.15, -0.1) is 0 Å². The molecule has 0 saturated carbocycles. The molecule has 0 radical (unpaired) electrons. The van der Waals surface area contributed by atoms with Gasteiger partial charge in [0, 0.05) is 24.1 Å². The highest BCUT2D eigenvalue weighted by Gasteiger charge is 2.37. The molecule has 3 rings (SSSR count). The zero-order chi connectivity index (χ0) is 24.7. The number of methoxy groups -OCH3 is 1. The summed E-state index contributed by atoms with van der Waals surface area (Å²) in [4.78, 5) is 23.8. The van der Waals surface area contributed by atoms with Gasteiger partial charge in [-0.05, 0) is 61.7 Å². The second-order valence-electron chi connectivity index (χ2n) is 8.45. The molecule has 0 spiro atoms. The first kappa shape index (κ1) is 25.5. The molecule has 8 heteroatoms. The number of carbonyl (C=O) groups is 2. The first-order chi connectivity index (χ1) is 16.3. The second kappa shape index (κ2) is 11.9. The molecule has 0 unspecified atom stereocenters. The average molecular weight is 471 g/mol. The van der Waals surface area contributed by atoms with Crippen LogP contribution in [-0.2, 0) is 20.9 Å². The van der Waals surface area contributed by atoms with E-state index in [1.165, 1.54) is 6.92 Å². The standard InChI is InChI=1S/C26H34N2O6/c1-5-19(6-2)33-24-14-18(26(30)31)13-22(25(24)28-16(3)29)27-15-21-11-12-23(34-21)17-7-9-20(32-4)10-8-17/h7-12,14,19,22,24-25,27H,5-6,13,15H2,1-4H3,(H,28,29)(H,30,31)/t22-,24+,25+/m0/s1. The van der Waals surface area contributed by atoms with Crippen molar-refractivity contribution < 1.29 is 28.6 Å². The van der Waals surface area contributed by atoms with Crippen molar-refractivity contribution in [2.24, 2.45) is 0 Å². The summed E-state index contributed by atoms with van der Waals surface area (Å²) in [5.74, 6) is 1.03. The molecule has 3 N–H and O–H groups in total. The molecular formula is C26H34N2O6. The molecule has 2 aromatic rings. The summed E-state index contributed by atoms with van der Waals surface area (Å²) in [6.45, 7) is 5.88. The van der Waals surface area contributed by atoms with Gasteiger partial charge >= 0.3 is 5.97 Å². The highest BCUT2D eigenvalue weighted by molar-refractivity contribution is 5.87. The lowest BCUT2D eigenvalue weighted by atomic mass is 9.87. The fraction of sp³-hybridized carbons (Fsp3) is 0.462. The number of amides is 1. The maximum Gasteiger partial charge on any atom is 0.331 e. The maximum atomic E-state index is 12.0. The maximum absolute atomic E-state index is 12.0. The van der Waals surface area contributed by atoms with Crippen molar-refractivity contribution in [2.75, 3.05) is 7.11 Å². The minimum Gasteiger partial charge on any atom is -0.497 e. The van der Waals surface area contributed by atoms with Crippen molar-refractivity contribution in [1.82, 2.24) is 10.6 Å². The minimum atomic E-state index is -0.981. The summed E-state index contributed by atoms with van der Waals surface area (Å²) >= 11 is 0. The predicted molar refractivity (Wildman–Crippen MR) is 129 cm³/mol. The van der Waals surface area contributed by atoms with E-state index in [1.807, 2.05) is 50.2 Å². The van der Waals surface area contributed by atoms with Crippen molar-refractivity contribution in [3.63, 3.8) is 0 Å². The summed E-state index contributed by atoms with van der Waals surface area (Å²) in [6, 6.07) is 10.6. The van der Waals surface area contributed by atoms with Crippen LogP contribution in [0.5, 0.6) is 5.75 Å². The Morgan fingerprint density at radius 2 is 1.85 bits per heavy atom. The summed E-state index contributed by atoms with van der Waals surface area (Å²) in [7, 11) is 1.62. The number of nitrogens with one attached hydrogen (secondary N) is 2. The lowest BCUT2D eigenvalue weighted by molar-refractivity contribution is -0.133. The first-order valence-corrected chi connectivity index (χ1v) is 11.7. The molecule has 1 aromatic heterocycles. The van der Waals surface area contributed by atoms with Crippen LogP contribution in [0.4, 0.5) is 0 Å². The Labute approximate surface area is 200 Å². The summed E-state index contributed by atoms with van der Waals surface area (Å²) in [5.41, 5.74) is 1.20. The molecule has 1 aliphatic rings. The lowest BCUT2D eigenvalue weighted by Gasteiger charge is -2.38. The number of carboxylic acid groups (broad SMARTS) is 1. The van der Waals surface area contributed by atoms with Gasteiger partial charge in [-0.25, -0.2) is 4.79 Å². The Balaban J connectivity index is 1.76. The van der Waals surface area contributed by atoms with Crippen LogP contribution in [0.2, 0.25) is 0 Å². The Kier molecular flexibility index (Phi) is 8.90. The zero-order valence-electron chi connectivity index (χ0n) is 20.2. The molecular weight excluding hydrogens is 436 g/mol. The minimum absolute atomic E-state index is 0.0246. The van der Waals surface area contributed by atoms with E-state index in [9.17, 15) is 14.7 Å². The fourth-order valence-electron chi connectivity index (χ4n) is 4.18. The third-order valence-corrected chi connectivity index (χ3v) is 6.07. The fourth-order valence-corrected chi connectivity index (χ4v) is 4.18. The number of ether oxygens (including phenoxy) is 2. The van der Waals surface area contributed by atoms with Crippen LogP contribution in [0, 0.1) is 0 Å². The number of furan rings is 1. The van der Waals surface area contributed by atoms with Gasteiger partial charge in [0.05, 0.1) is 31.9 Å². The number of benzene rings is 1. The van der Waals surface area contributed by atoms with E-state index >= 15 is 0 Å². The van der Waals surface area contributed by atoms with Gasteiger partial charge in [-0.3, -0.25) is 4.79 Å². The van der Waals surface area contributed by atoms with E-state index < -0.39 is 18.1 Å².